The predicted molar refractivity (Wildman–Crippen MR) is 69.4 cm³/mol. The van der Waals surface area contributed by atoms with Crippen molar-refractivity contribution in [3.8, 4) is 0 Å². The summed E-state index contributed by atoms with van der Waals surface area (Å²) < 4.78 is 10.7. The molecule has 0 N–H and O–H groups in total. The van der Waals surface area contributed by atoms with Gasteiger partial charge in [0, 0.05) is 13.2 Å². The molecule has 0 atom stereocenters. The first-order chi connectivity index (χ1) is 7.85. The Bertz CT molecular complexity index is 211. The minimum Gasteiger partial charge on any atom is -0.349 e. The van der Waals surface area contributed by atoms with Crippen LogP contribution in [0.5, 0.6) is 0 Å². The summed E-state index contributed by atoms with van der Waals surface area (Å²) in [6.45, 7) is 7.39. The Hall–Kier alpha value is -0.860. The average Bonchev–Trinajstić information content (AvgIpc) is 2.28. The third-order valence-electron chi connectivity index (χ3n) is 1.85. The van der Waals surface area contributed by atoms with Crippen molar-refractivity contribution in [2.45, 2.75) is 39.9 Å². The van der Waals surface area contributed by atoms with Crippen molar-refractivity contribution < 1.29 is 9.47 Å². The number of ether oxygens (including phenoxy) is 2. The molecule has 0 fully saturated rings. The van der Waals surface area contributed by atoms with Gasteiger partial charge in [0.05, 0.1) is 0 Å². The molecular weight excluding hydrogens is 200 g/mol. The molecule has 0 bridgehead atoms. The van der Waals surface area contributed by atoms with Crippen LogP contribution in [-0.4, -0.2) is 19.5 Å². The van der Waals surface area contributed by atoms with Crippen molar-refractivity contribution in [3.05, 3.63) is 36.5 Å². The smallest absolute Gasteiger partial charge is 0.177 e. The normalized spacial score (nSPS) is 12.8. The van der Waals surface area contributed by atoms with E-state index in [1.165, 1.54) is 0 Å². The van der Waals surface area contributed by atoms with Crippen molar-refractivity contribution >= 4 is 0 Å². The maximum Gasteiger partial charge on any atom is 0.177 e. The molecule has 0 heterocycles. The summed E-state index contributed by atoms with van der Waals surface area (Å²) in [7, 11) is 0. The summed E-state index contributed by atoms with van der Waals surface area (Å²) in [4.78, 5) is 0. The molecule has 16 heavy (non-hydrogen) atoms. The second-order valence-electron chi connectivity index (χ2n) is 3.21. The van der Waals surface area contributed by atoms with E-state index >= 15 is 0 Å². The van der Waals surface area contributed by atoms with Gasteiger partial charge in [0.25, 0.3) is 0 Å². The Kier molecular flexibility index (Phi) is 11.6. The van der Waals surface area contributed by atoms with Gasteiger partial charge in [0.1, 0.15) is 0 Å². The predicted octanol–water partition coefficient (Wildman–Crippen LogP) is 3.85. The van der Waals surface area contributed by atoms with Crippen LogP contribution in [-0.2, 0) is 9.47 Å². The van der Waals surface area contributed by atoms with E-state index in [4.69, 9.17) is 9.47 Å². The van der Waals surface area contributed by atoms with E-state index in [0.29, 0.717) is 13.2 Å². The lowest BCUT2D eigenvalue weighted by atomic mass is 10.3. The highest BCUT2D eigenvalue weighted by atomic mass is 16.7. The van der Waals surface area contributed by atoms with Gasteiger partial charge in [-0.3, -0.25) is 0 Å². The maximum atomic E-state index is 5.37. The molecule has 0 aliphatic heterocycles. The maximum absolute atomic E-state index is 5.37. The highest BCUT2D eigenvalue weighted by Gasteiger charge is 1.99. The van der Waals surface area contributed by atoms with E-state index in [0.717, 1.165) is 12.8 Å². The fourth-order valence-corrected chi connectivity index (χ4v) is 1.14. The van der Waals surface area contributed by atoms with Gasteiger partial charge in [-0.2, -0.15) is 0 Å². The summed E-state index contributed by atoms with van der Waals surface area (Å²) >= 11 is 0. The summed E-state index contributed by atoms with van der Waals surface area (Å²) in [5.74, 6) is 0. The molecule has 0 amide bonds. The van der Waals surface area contributed by atoms with Crippen molar-refractivity contribution in [2.24, 2.45) is 0 Å². The number of hydrogen-bond acceptors (Lipinski definition) is 2. The fourth-order valence-electron chi connectivity index (χ4n) is 1.14. The highest BCUT2D eigenvalue weighted by Crippen LogP contribution is 1.98. The van der Waals surface area contributed by atoms with Crippen molar-refractivity contribution in [3.63, 3.8) is 0 Å². The zero-order chi connectivity index (χ0) is 12.1. The van der Waals surface area contributed by atoms with Crippen LogP contribution in [0.1, 0.15) is 33.6 Å². The average molecular weight is 224 g/mol. The van der Waals surface area contributed by atoms with Crippen LogP contribution < -0.4 is 0 Å². The van der Waals surface area contributed by atoms with Gasteiger partial charge in [-0.1, -0.05) is 37.3 Å². The number of hydrogen-bond donors (Lipinski definition) is 0. The van der Waals surface area contributed by atoms with Crippen molar-refractivity contribution in [2.75, 3.05) is 13.2 Å². The fraction of sp³-hybridized carbons (Fsp3) is 0.571. The molecule has 0 rings (SSSR count). The third-order valence-corrected chi connectivity index (χ3v) is 1.85. The first-order valence-corrected chi connectivity index (χ1v) is 6.06. The van der Waals surface area contributed by atoms with E-state index in [2.05, 4.69) is 25.2 Å². The molecule has 0 saturated carbocycles. The molecule has 92 valence electrons. The first-order valence-electron chi connectivity index (χ1n) is 6.06. The van der Waals surface area contributed by atoms with Gasteiger partial charge >= 0.3 is 0 Å². The van der Waals surface area contributed by atoms with Crippen LogP contribution in [0.4, 0.5) is 0 Å². The van der Waals surface area contributed by atoms with Gasteiger partial charge in [-0.05, 0) is 32.8 Å². The molecule has 0 unspecified atom stereocenters. The van der Waals surface area contributed by atoms with Crippen molar-refractivity contribution in [1.29, 1.82) is 0 Å². The summed E-state index contributed by atoms with van der Waals surface area (Å²) in [6.07, 6.45) is 14.2. The van der Waals surface area contributed by atoms with Gasteiger partial charge in [-0.15, -0.1) is 0 Å². The Morgan fingerprint density at radius 3 is 2.12 bits per heavy atom. The molecule has 0 aliphatic carbocycles. The zero-order valence-electron chi connectivity index (χ0n) is 10.7. The van der Waals surface area contributed by atoms with Crippen molar-refractivity contribution in [1.82, 2.24) is 0 Å². The Morgan fingerprint density at radius 2 is 1.56 bits per heavy atom. The molecule has 0 saturated heterocycles. The third kappa shape index (κ3) is 9.69. The van der Waals surface area contributed by atoms with E-state index < -0.39 is 0 Å². The van der Waals surface area contributed by atoms with Crippen LogP contribution in [0.3, 0.4) is 0 Å². The van der Waals surface area contributed by atoms with E-state index in [1.54, 1.807) is 0 Å². The molecule has 2 nitrogen and oxygen atoms in total. The summed E-state index contributed by atoms with van der Waals surface area (Å²) in [5.41, 5.74) is 0. The highest BCUT2D eigenvalue weighted by molar-refractivity contribution is 5.05. The first kappa shape index (κ1) is 15.1. The molecule has 0 aromatic heterocycles. The van der Waals surface area contributed by atoms with Crippen LogP contribution in [0.15, 0.2) is 36.5 Å². The second-order valence-corrected chi connectivity index (χ2v) is 3.21. The SMILES string of the molecule is CCC=CCC=CC=CC(OCC)OCC. The lowest BCUT2D eigenvalue weighted by Crippen LogP contribution is -2.13. The van der Waals surface area contributed by atoms with Gasteiger partial charge in [-0.25, -0.2) is 0 Å². The molecule has 0 aliphatic rings. The topological polar surface area (TPSA) is 18.5 Å². The second kappa shape index (κ2) is 12.2. The summed E-state index contributed by atoms with van der Waals surface area (Å²) in [5, 5.41) is 0. The summed E-state index contributed by atoms with van der Waals surface area (Å²) in [6, 6.07) is 0. The minimum atomic E-state index is -0.217. The molecule has 0 aromatic carbocycles. The lowest BCUT2D eigenvalue weighted by molar-refractivity contribution is -0.103. The number of allylic oxidation sites excluding steroid dienone is 5. The van der Waals surface area contributed by atoms with E-state index in [-0.39, 0.29) is 6.29 Å². The molecular formula is C14H24O2. The lowest BCUT2D eigenvalue weighted by Gasteiger charge is -2.11. The van der Waals surface area contributed by atoms with Crippen LogP contribution in [0.25, 0.3) is 0 Å². The molecule has 2 heteroatoms. The van der Waals surface area contributed by atoms with E-state index in [1.807, 2.05) is 32.1 Å². The standard InChI is InChI=1S/C14H24O2/c1-4-7-8-9-10-11-12-13-14(15-5-2)16-6-3/h7-8,10-14H,4-6,9H2,1-3H3. The quantitative estimate of drug-likeness (QED) is 0.336. The van der Waals surface area contributed by atoms with Crippen LogP contribution in [0.2, 0.25) is 0 Å². The Balaban J connectivity index is 3.80. The zero-order valence-corrected chi connectivity index (χ0v) is 10.7. The van der Waals surface area contributed by atoms with E-state index in [9.17, 15) is 0 Å². The molecule has 0 aromatic rings. The Labute approximate surface area is 99.6 Å². The molecule has 0 spiro atoms. The molecule has 0 radical (unpaired) electrons. The van der Waals surface area contributed by atoms with Gasteiger partial charge in [0.2, 0.25) is 0 Å². The Morgan fingerprint density at radius 1 is 0.875 bits per heavy atom. The monoisotopic (exact) mass is 224 g/mol. The minimum absolute atomic E-state index is 0.217. The van der Waals surface area contributed by atoms with Crippen LogP contribution >= 0.6 is 0 Å². The number of rotatable bonds is 9. The van der Waals surface area contributed by atoms with Gasteiger partial charge in [0.15, 0.2) is 6.29 Å². The largest absolute Gasteiger partial charge is 0.349 e. The van der Waals surface area contributed by atoms with Crippen LogP contribution in [0, 0.1) is 0 Å². The van der Waals surface area contributed by atoms with Gasteiger partial charge < -0.3 is 9.47 Å².